The molecule has 4 aliphatic carbocycles. The summed E-state index contributed by atoms with van der Waals surface area (Å²) >= 11 is 0. The minimum atomic E-state index is 0.0244. The molecule has 0 unspecified atom stereocenters. The van der Waals surface area contributed by atoms with Gasteiger partial charge in [0.25, 0.3) is 0 Å². The number of hydrogen-bond donors (Lipinski definition) is 1. The number of amides is 1. The van der Waals surface area contributed by atoms with Gasteiger partial charge in [0.2, 0.25) is 5.91 Å². The summed E-state index contributed by atoms with van der Waals surface area (Å²) in [5.41, 5.74) is 1.14. The second-order valence-corrected chi connectivity index (χ2v) is 10.4. The summed E-state index contributed by atoms with van der Waals surface area (Å²) in [4.78, 5) is 20.3. The number of carbonyl (C=O) groups excluding carboxylic acids is 1. The molecule has 6 nitrogen and oxygen atoms in total. The van der Waals surface area contributed by atoms with Gasteiger partial charge >= 0.3 is 0 Å². The Balaban J connectivity index is 1.23. The Hall–Kier alpha value is -2.26. The Morgan fingerprint density at radius 1 is 1.03 bits per heavy atom. The van der Waals surface area contributed by atoms with Gasteiger partial charge in [-0.25, -0.2) is 0 Å². The molecular weight excluding hydrogens is 388 g/mol. The predicted octanol–water partition coefficient (Wildman–Crippen LogP) is 3.23. The van der Waals surface area contributed by atoms with Crippen molar-refractivity contribution in [1.82, 2.24) is 9.80 Å². The SMILES string of the molecule is N#CCCN(C(=O)CN1CCN(c2ccc(O)cc2)CC1)C12CC3CC(CC(C3)C1)C2. The van der Waals surface area contributed by atoms with Crippen molar-refractivity contribution in [2.24, 2.45) is 17.8 Å². The normalized spacial score (nSPS) is 32.1. The van der Waals surface area contributed by atoms with Crippen molar-refractivity contribution >= 4 is 11.6 Å². The summed E-state index contributed by atoms with van der Waals surface area (Å²) in [7, 11) is 0. The van der Waals surface area contributed by atoms with Crippen molar-refractivity contribution in [3.8, 4) is 11.8 Å². The lowest BCUT2D eigenvalue weighted by Crippen LogP contribution is -2.63. The van der Waals surface area contributed by atoms with E-state index in [0.717, 1.165) is 68.9 Å². The molecule has 1 saturated heterocycles. The summed E-state index contributed by atoms with van der Waals surface area (Å²) < 4.78 is 0. The second-order valence-electron chi connectivity index (χ2n) is 10.4. The maximum atomic E-state index is 13.6. The van der Waals surface area contributed by atoms with Crippen LogP contribution in [0, 0.1) is 29.1 Å². The van der Waals surface area contributed by atoms with E-state index >= 15 is 0 Å². The molecule has 0 radical (unpaired) electrons. The molecule has 6 rings (SSSR count). The smallest absolute Gasteiger partial charge is 0.237 e. The van der Waals surface area contributed by atoms with E-state index in [4.69, 9.17) is 0 Å². The monoisotopic (exact) mass is 422 g/mol. The van der Waals surface area contributed by atoms with Gasteiger partial charge in [0.05, 0.1) is 19.0 Å². The number of aromatic hydroxyl groups is 1. The number of carbonyl (C=O) groups is 1. The zero-order chi connectivity index (χ0) is 21.4. The van der Waals surface area contributed by atoms with Crippen LogP contribution in [0.15, 0.2) is 24.3 Å². The van der Waals surface area contributed by atoms with Gasteiger partial charge in [-0.05, 0) is 80.5 Å². The van der Waals surface area contributed by atoms with Gasteiger partial charge in [-0.2, -0.15) is 5.26 Å². The molecule has 4 saturated carbocycles. The molecule has 6 heteroatoms. The first-order chi connectivity index (χ1) is 15.0. The van der Waals surface area contributed by atoms with Gasteiger partial charge < -0.3 is 14.9 Å². The van der Waals surface area contributed by atoms with E-state index in [1.807, 2.05) is 12.1 Å². The van der Waals surface area contributed by atoms with Crippen LogP contribution in [0.3, 0.4) is 0 Å². The standard InChI is InChI=1S/C25H34N4O2/c26-6-1-7-29(25-15-19-12-20(16-25)14-21(13-19)17-25)24(31)18-27-8-10-28(11-9-27)22-2-4-23(30)5-3-22/h2-5,19-21,30H,1,7-18H2. The van der Waals surface area contributed by atoms with Crippen LogP contribution in [0.5, 0.6) is 5.75 Å². The first kappa shape index (κ1) is 20.6. The van der Waals surface area contributed by atoms with Gasteiger partial charge in [0.15, 0.2) is 0 Å². The molecule has 5 aliphatic rings. The highest BCUT2D eigenvalue weighted by molar-refractivity contribution is 5.79. The largest absolute Gasteiger partial charge is 0.508 e. The molecule has 0 spiro atoms. The predicted molar refractivity (Wildman–Crippen MR) is 120 cm³/mol. The number of nitriles is 1. The van der Waals surface area contributed by atoms with Crippen molar-refractivity contribution in [2.45, 2.75) is 50.5 Å². The zero-order valence-corrected chi connectivity index (χ0v) is 18.4. The number of benzene rings is 1. The maximum absolute atomic E-state index is 13.6. The molecule has 0 aromatic heterocycles. The molecule has 1 aromatic carbocycles. The van der Waals surface area contributed by atoms with Crippen LogP contribution < -0.4 is 4.90 Å². The summed E-state index contributed by atoms with van der Waals surface area (Å²) in [5, 5.41) is 18.7. The third-order valence-corrected chi connectivity index (χ3v) is 8.27. The van der Waals surface area contributed by atoms with Crippen molar-refractivity contribution < 1.29 is 9.90 Å². The first-order valence-corrected chi connectivity index (χ1v) is 12.0. The van der Waals surface area contributed by atoms with E-state index in [2.05, 4.69) is 20.8 Å². The third-order valence-electron chi connectivity index (χ3n) is 8.27. The van der Waals surface area contributed by atoms with Gasteiger partial charge in [-0.15, -0.1) is 0 Å². The molecule has 1 aliphatic heterocycles. The Morgan fingerprint density at radius 2 is 1.61 bits per heavy atom. The summed E-state index contributed by atoms with van der Waals surface area (Å²) in [6, 6.07) is 9.64. The Labute approximate surface area is 185 Å². The quantitative estimate of drug-likeness (QED) is 0.762. The molecule has 0 atom stereocenters. The van der Waals surface area contributed by atoms with E-state index in [1.165, 1.54) is 19.3 Å². The molecule has 31 heavy (non-hydrogen) atoms. The fourth-order valence-electron chi connectivity index (χ4n) is 7.29. The lowest BCUT2D eigenvalue weighted by atomic mass is 9.52. The van der Waals surface area contributed by atoms with Crippen LogP contribution in [0.25, 0.3) is 0 Å². The average Bonchev–Trinajstić information content (AvgIpc) is 2.74. The van der Waals surface area contributed by atoms with Gasteiger partial charge in [-0.1, -0.05) is 0 Å². The first-order valence-electron chi connectivity index (χ1n) is 12.0. The van der Waals surface area contributed by atoms with Crippen LogP contribution in [0.4, 0.5) is 5.69 Å². The lowest BCUT2D eigenvalue weighted by molar-refractivity contribution is -0.151. The fourth-order valence-corrected chi connectivity index (χ4v) is 7.29. The third kappa shape index (κ3) is 4.13. The highest BCUT2D eigenvalue weighted by Gasteiger charge is 2.54. The highest BCUT2D eigenvalue weighted by Crippen LogP contribution is 2.57. The molecule has 1 heterocycles. The molecule has 1 amide bonds. The topological polar surface area (TPSA) is 70.8 Å². The number of phenols is 1. The van der Waals surface area contributed by atoms with Crippen LogP contribution in [-0.4, -0.2) is 65.6 Å². The lowest BCUT2D eigenvalue weighted by Gasteiger charge is -2.60. The zero-order valence-electron chi connectivity index (χ0n) is 18.4. The minimum absolute atomic E-state index is 0.0244. The van der Waals surface area contributed by atoms with Gasteiger partial charge in [-0.3, -0.25) is 9.69 Å². The van der Waals surface area contributed by atoms with Crippen molar-refractivity contribution in [2.75, 3.05) is 44.2 Å². The van der Waals surface area contributed by atoms with Gasteiger partial charge in [0.1, 0.15) is 5.75 Å². The summed E-state index contributed by atoms with van der Waals surface area (Å²) in [6.07, 6.45) is 7.98. The number of phenolic OH excluding ortho intramolecular Hbond substituents is 1. The Bertz CT molecular complexity index is 803. The number of rotatable bonds is 6. The Kier molecular flexibility index (Phi) is 5.56. The molecular formula is C25H34N4O2. The number of hydrogen-bond acceptors (Lipinski definition) is 5. The maximum Gasteiger partial charge on any atom is 0.237 e. The van der Waals surface area contributed by atoms with E-state index < -0.39 is 0 Å². The van der Waals surface area contributed by atoms with Crippen LogP contribution in [-0.2, 0) is 4.79 Å². The van der Waals surface area contributed by atoms with Crippen LogP contribution >= 0.6 is 0 Å². The molecule has 5 fully saturated rings. The van der Waals surface area contributed by atoms with E-state index in [9.17, 15) is 15.2 Å². The van der Waals surface area contributed by atoms with Crippen molar-refractivity contribution in [3.05, 3.63) is 24.3 Å². The van der Waals surface area contributed by atoms with Crippen LogP contribution in [0.1, 0.15) is 44.9 Å². The van der Waals surface area contributed by atoms with E-state index in [1.54, 1.807) is 12.1 Å². The summed E-state index contributed by atoms with van der Waals surface area (Å²) in [5.74, 6) is 2.89. The molecule has 1 aromatic rings. The molecule has 166 valence electrons. The summed E-state index contributed by atoms with van der Waals surface area (Å²) in [6.45, 7) is 4.55. The van der Waals surface area contributed by atoms with Gasteiger partial charge in [0, 0.05) is 44.0 Å². The van der Waals surface area contributed by atoms with Crippen molar-refractivity contribution in [3.63, 3.8) is 0 Å². The molecule has 1 N–H and O–H groups in total. The van der Waals surface area contributed by atoms with Crippen LogP contribution in [0.2, 0.25) is 0 Å². The van der Waals surface area contributed by atoms with E-state index in [-0.39, 0.29) is 17.2 Å². The average molecular weight is 423 g/mol. The number of piperazine rings is 1. The second kappa shape index (κ2) is 8.35. The Morgan fingerprint density at radius 3 is 2.16 bits per heavy atom. The highest BCUT2D eigenvalue weighted by atomic mass is 16.3. The number of nitrogens with zero attached hydrogens (tertiary/aromatic N) is 4. The minimum Gasteiger partial charge on any atom is -0.508 e. The van der Waals surface area contributed by atoms with Crippen molar-refractivity contribution in [1.29, 1.82) is 5.26 Å². The number of anilines is 1. The fraction of sp³-hybridized carbons (Fsp3) is 0.680. The molecule has 4 bridgehead atoms. The van der Waals surface area contributed by atoms with E-state index in [0.29, 0.717) is 19.5 Å².